The SMILES string of the molecule is C=C(c1ccc(C(F)(F)F)cc1)C1NC(=O)C(CCc2ccccc2)NC(=O)CCC(=O)Nc2ccc(cc2)CC(C(=O)O)NC(=O)C(Cc2ccccc2Cl)NC1=O. The monoisotopic (exact) mass is 831 g/mol. The van der Waals surface area contributed by atoms with Crippen LogP contribution < -0.4 is 26.6 Å². The molecule has 2 bridgehead atoms. The molecule has 4 aromatic carbocycles. The fourth-order valence-electron chi connectivity index (χ4n) is 6.32. The zero-order valence-corrected chi connectivity index (χ0v) is 32.2. The first-order valence-electron chi connectivity index (χ1n) is 18.5. The van der Waals surface area contributed by atoms with E-state index in [-0.39, 0.29) is 54.7 Å². The van der Waals surface area contributed by atoms with Crippen molar-refractivity contribution in [1.82, 2.24) is 21.3 Å². The van der Waals surface area contributed by atoms with Gasteiger partial charge in [0.15, 0.2) is 0 Å². The van der Waals surface area contributed by atoms with Crippen LogP contribution in [0.4, 0.5) is 18.9 Å². The van der Waals surface area contributed by atoms with Crippen LogP contribution in [0, 0.1) is 0 Å². The van der Waals surface area contributed by atoms with E-state index >= 15 is 0 Å². The Hall–Kier alpha value is -6.48. The van der Waals surface area contributed by atoms with Gasteiger partial charge in [-0.05, 0) is 71.0 Å². The molecule has 6 rings (SSSR count). The molecule has 6 N–H and O–H groups in total. The molecule has 2 heterocycles. The molecule has 0 fully saturated rings. The van der Waals surface area contributed by atoms with Gasteiger partial charge in [-0.2, -0.15) is 13.2 Å². The summed E-state index contributed by atoms with van der Waals surface area (Å²) >= 11 is 6.43. The van der Waals surface area contributed by atoms with Gasteiger partial charge in [0.2, 0.25) is 29.5 Å². The van der Waals surface area contributed by atoms with Crippen LogP contribution >= 0.6 is 11.6 Å². The number of carboxylic acids is 1. The van der Waals surface area contributed by atoms with E-state index < -0.39 is 71.4 Å². The third kappa shape index (κ3) is 12.5. The van der Waals surface area contributed by atoms with Gasteiger partial charge in [-0.1, -0.05) is 91.0 Å². The fourth-order valence-corrected chi connectivity index (χ4v) is 6.53. The number of aliphatic carboxylic acids is 1. The molecule has 308 valence electrons. The van der Waals surface area contributed by atoms with E-state index in [0.717, 1.165) is 29.8 Å². The van der Waals surface area contributed by atoms with Gasteiger partial charge in [-0.15, -0.1) is 0 Å². The number of carbonyl (C=O) groups excluding carboxylic acids is 5. The fraction of sp³-hybridized carbons (Fsp3) is 0.256. The maximum absolute atomic E-state index is 14.4. The third-order valence-electron chi connectivity index (χ3n) is 9.58. The Morgan fingerprint density at radius 2 is 1.36 bits per heavy atom. The minimum absolute atomic E-state index is 0.0232. The smallest absolute Gasteiger partial charge is 0.416 e. The van der Waals surface area contributed by atoms with Crippen LogP contribution in [-0.4, -0.2) is 64.8 Å². The Bertz CT molecular complexity index is 2180. The highest BCUT2D eigenvalue weighted by Gasteiger charge is 2.35. The topological polar surface area (TPSA) is 183 Å². The molecule has 0 spiro atoms. The van der Waals surface area contributed by atoms with Crippen LogP contribution in [0.2, 0.25) is 5.02 Å². The summed E-state index contributed by atoms with van der Waals surface area (Å²) in [5, 5.41) is 23.3. The number of carbonyl (C=O) groups is 6. The summed E-state index contributed by atoms with van der Waals surface area (Å²) < 4.78 is 40.4. The summed E-state index contributed by atoms with van der Waals surface area (Å²) in [4.78, 5) is 81.1. The van der Waals surface area contributed by atoms with Gasteiger partial charge in [-0.25, -0.2) is 4.79 Å². The minimum Gasteiger partial charge on any atom is -0.480 e. The van der Waals surface area contributed by atoms with Gasteiger partial charge < -0.3 is 31.7 Å². The number of amides is 5. The number of benzene rings is 4. The van der Waals surface area contributed by atoms with E-state index in [2.05, 4.69) is 33.2 Å². The lowest BCUT2D eigenvalue weighted by Gasteiger charge is -2.27. The molecule has 4 unspecified atom stereocenters. The Morgan fingerprint density at radius 3 is 2.00 bits per heavy atom. The third-order valence-corrected chi connectivity index (χ3v) is 9.95. The van der Waals surface area contributed by atoms with Crippen molar-refractivity contribution in [2.75, 3.05) is 5.32 Å². The lowest BCUT2D eigenvalue weighted by Crippen LogP contribution is -2.58. The highest BCUT2D eigenvalue weighted by atomic mass is 35.5. The van der Waals surface area contributed by atoms with Gasteiger partial charge in [0, 0.05) is 36.4 Å². The molecule has 12 nitrogen and oxygen atoms in total. The molecule has 0 saturated carbocycles. The Labute approximate surface area is 342 Å². The minimum atomic E-state index is -4.68. The summed E-state index contributed by atoms with van der Waals surface area (Å²) in [5.41, 5.74) is 0.939. The molecule has 0 aliphatic carbocycles. The lowest BCUT2D eigenvalue weighted by molar-refractivity contribution is -0.142. The molecule has 59 heavy (non-hydrogen) atoms. The number of carboxylic acid groups (broad SMARTS) is 1. The molecule has 0 aromatic heterocycles. The first kappa shape index (κ1) is 43.6. The predicted octanol–water partition coefficient (Wildman–Crippen LogP) is 5.25. The number of hydrogen-bond donors (Lipinski definition) is 6. The molecule has 16 heteroatoms. The number of halogens is 4. The second kappa shape index (κ2) is 19.8. The van der Waals surface area contributed by atoms with Gasteiger partial charge in [0.05, 0.1) is 5.56 Å². The first-order chi connectivity index (χ1) is 28.1. The standard InChI is InChI=1S/C43H41ClF3N5O7/c1-25(28-14-16-30(17-15-28)43(45,46)47)38-41(57)50-34(24-29-9-5-6-10-32(29)44)40(56)51-35(42(58)59)23-27-11-18-31(19-12-27)48-36(53)21-22-37(54)49-33(39(55)52-38)20-13-26-7-3-2-4-8-26/h2-12,14-19,33-35,38H,1,13,20-24H2,(H,48,53)(H,49,54)(H,50,57)(H,51,56)(H,52,55)(H,58,59). The van der Waals surface area contributed by atoms with E-state index in [1.54, 1.807) is 54.6 Å². The van der Waals surface area contributed by atoms with Crippen molar-refractivity contribution in [3.63, 3.8) is 0 Å². The molecular formula is C43H41ClF3N5O7. The van der Waals surface area contributed by atoms with E-state index in [4.69, 9.17) is 11.6 Å². The summed E-state index contributed by atoms with van der Waals surface area (Å²) in [5.74, 6) is -5.42. The lowest BCUT2D eigenvalue weighted by atomic mass is 9.96. The molecule has 5 amide bonds. The van der Waals surface area contributed by atoms with E-state index in [1.165, 1.54) is 12.1 Å². The molecule has 4 atom stereocenters. The average molecular weight is 832 g/mol. The van der Waals surface area contributed by atoms with E-state index in [0.29, 0.717) is 16.8 Å². The van der Waals surface area contributed by atoms with Crippen molar-refractivity contribution >= 4 is 58.4 Å². The normalized spacial score (nSPS) is 19.9. The highest BCUT2D eigenvalue weighted by molar-refractivity contribution is 6.31. The van der Waals surface area contributed by atoms with Crippen LogP contribution in [0.3, 0.4) is 0 Å². The predicted molar refractivity (Wildman–Crippen MR) is 214 cm³/mol. The maximum Gasteiger partial charge on any atom is 0.416 e. The van der Waals surface area contributed by atoms with Crippen molar-refractivity contribution in [2.24, 2.45) is 0 Å². The Morgan fingerprint density at radius 1 is 0.729 bits per heavy atom. The second-order valence-corrected chi connectivity index (χ2v) is 14.3. The molecule has 4 aromatic rings. The number of alkyl halides is 3. The van der Waals surface area contributed by atoms with Crippen LogP contribution in [0.25, 0.3) is 5.57 Å². The highest BCUT2D eigenvalue weighted by Crippen LogP contribution is 2.30. The number of anilines is 1. The number of hydrogen-bond acceptors (Lipinski definition) is 6. The Kier molecular flexibility index (Phi) is 14.6. The van der Waals surface area contributed by atoms with Crippen molar-refractivity contribution in [3.05, 3.63) is 143 Å². The molecular weight excluding hydrogens is 791 g/mol. The van der Waals surface area contributed by atoms with Crippen molar-refractivity contribution in [1.29, 1.82) is 0 Å². The van der Waals surface area contributed by atoms with Gasteiger partial charge >= 0.3 is 12.1 Å². The van der Waals surface area contributed by atoms with Crippen LogP contribution in [0.5, 0.6) is 0 Å². The molecule has 0 saturated heterocycles. The summed E-state index contributed by atoms with van der Waals surface area (Å²) in [6, 6.07) is 19.3. The number of rotatable bonds is 8. The van der Waals surface area contributed by atoms with Gasteiger partial charge in [0.1, 0.15) is 24.2 Å². The van der Waals surface area contributed by atoms with Gasteiger partial charge in [-0.3, -0.25) is 24.0 Å². The van der Waals surface area contributed by atoms with Crippen molar-refractivity contribution in [3.8, 4) is 0 Å². The number of aryl methyl sites for hydroxylation is 1. The maximum atomic E-state index is 14.4. The zero-order valence-electron chi connectivity index (χ0n) is 31.5. The second-order valence-electron chi connectivity index (χ2n) is 13.9. The first-order valence-corrected chi connectivity index (χ1v) is 18.9. The van der Waals surface area contributed by atoms with E-state index in [9.17, 15) is 47.0 Å². The van der Waals surface area contributed by atoms with Crippen LogP contribution in [0.15, 0.2) is 110 Å². The summed E-state index contributed by atoms with van der Waals surface area (Å²) in [7, 11) is 0. The van der Waals surface area contributed by atoms with Crippen molar-refractivity contribution < 1.29 is 47.0 Å². The summed E-state index contributed by atoms with van der Waals surface area (Å²) in [6.07, 6.45) is -5.40. The van der Waals surface area contributed by atoms with Crippen molar-refractivity contribution in [2.45, 2.75) is 68.9 Å². The number of nitrogens with one attached hydrogen (secondary N) is 5. The largest absolute Gasteiger partial charge is 0.480 e. The molecule has 2 aliphatic rings. The molecule has 0 radical (unpaired) electrons. The van der Waals surface area contributed by atoms with E-state index in [1.807, 2.05) is 12.1 Å². The molecule has 2 aliphatic heterocycles. The Balaban J connectivity index is 1.55. The number of fused-ring (bicyclic) bond motifs is 18. The quantitative estimate of drug-likeness (QED) is 0.131. The average Bonchev–Trinajstić information content (AvgIpc) is 3.21. The van der Waals surface area contributed by atoms with Crippen LogP contribution in [-0.2, 0) is 54.2 Å². The van der Waals surface area contributed by atoms with Gasteiger partial charge in [0.25, 0.3) is 0 Å². The summed E-state index contributed by atoms with van der Waals surface area (Å²) in [6.45, 7) is 3.94. The van der Waals surface area contributed by atoms with Crippen LogP contribution in [0.1, 0.15) is 47.1 Å². The zero-order chi connectivity index (χ0) is 42.7.